The molecule has 0 saturated carbocycles. The summed E-state index contributed by atoms with van der Waals surface area (Å²) < 4.78 is 1.19. The molecule has 18 heavy (non-hydrogen) atoms. The molecule has 1 N–H and O–H groups in total. The zero-order chi connectivity index (χ0) is 13.1. The van der Waals surface area contributed by atoms with Gasteiger partial charge in [-0.15, -0.1) is 11.3 Å². The van der Waals surface area contributed by atoms with E-state index in [0.717, 1.165) is 6.54 Å². The van der Waals surface area contributed by atoms with Crippen molar-refractivity contribution in [2.24, 2.45) is 0 Å². The van der Waals surface area contributed by atoms with E-state index in [1.165, 1.54) is 26.0 Å². The molecule has 0 saturated heterocycles. The van der Waals surface area contributed by atoms with E-state index < -0.39 is 0 Å². The number of thiophene rings is 1. The summed E-state index contributed by atoms with van der Waals surface area (Å²) in [6.07, 6.45) is 0. The number of rotatable bonds is 4. The average molecular weight is 324 g/mol. The standard InChI is InChI=1S/C15H18BrNS/c1-10-4-5-14(11(2)6-10)12(3)17-8-13-7-15(16)18-9-13/h4-7,9,12,17H,8H2,1-3H3. The molecule has 0 aliphatic heterocycles. The second kappa shape index (κ2) is 6.00. The van der Waals surface area contributed by atoms with Gasteiger partial charge in [-0.3, -0.25) is 0 Å². The van der Waals surface area contributed by atoms with Crippen LogP contribution in [0.2, 0.25) is 0 Å². The highest BCUT2D eigenvalue weighted by atomic mass is 79.9. The van der Waals surface area contributed by atoms with E-state index in [-0.39, 0.29) is 0 Å². The molecular weight excluding hydrogens is 306 g/mol. The van der Waals surface area contributed by atoms with Crippen molar-refractivity contribution in [3.05, 3.63) is 55.7 Å². The largest absolute Gasteiger partial charge is 0.306 e. The molecule has 1 nitrogen and oxygen atoms in total. The molecule has 3 heteroatoms. The lowest BCUT2D eigenvalue weighted by atomic mass is 10.0. The lowest BCUT2D eigenvalue weighted by Gasteiger charge is -2.16. The summed E-state index contributed by atoms with van der Waals surface area (Å²) in [5.74, 6) is 0. The number of halogens is 1. The van der Waals surface area contributed by atoms with E-state index in [0.29, 0.717) is 6.04 Å². The number of benzene rings is 1. The van der Waals surface area contributed by atoms with Crippen LogP contribution in [0, 0.1) is 13.8 Å². The van der Waals surface area contributed by atoms with Crippen LogP contribution in [0.25, 0.3) is 0 Å². The molecule has 0 fully saturated rings. The van der Waals surface area contributed by atoms with E-state index in [4.69, 9.17) is 0 Å². The lowest BCUT2D eigenvalue weighted by molar-refractivity contribution is 0.573. The van der Waals surface area contributed by atoms with Gasteiger partial charge in [-0.05, 0) is 64.8 Å². The Bertz CT molecular complexity index is 533. The molecule has 2 aromatic rings. The van der Waals surface area contributed by atoms with Gasteiger partial charge in [0.1, 0.15) is 0 Å². The Morgan fingerprint density at radius 1 is 1.28 bits per heavy atom. The fourth-order valence-corrected chi connectivity index (χ4v) is 3.34. The third kappa shape index (κ3) is 3.44. The molecular formula is C15H18BrNS. The van der Waals surface area contributed by atoms with Gasteiger partial charge in [-0.25, -0.2) is 0 Å². The maximum atomic E-state index is 3.57. The van der Waals surface area contributed by atoms with Crippen molar-refractivity contribution in [1.29, 1.82) is 0 Å². The van der Waals surface area contributed by atoms with Gasteiger partial charge in [0.25, 0.3) is 0 Å². The number of aryl methyl sites for hydroxylation is 2. The first-order valence-corrected chi connectivity index (χ1v) is 7.77. The second-order valence-electron chi connectivity index (χ2n) is 4.72. The zero-order valence-electron chi connectivity index (χ0n) is 11.0. The first-order valence-electron chi connectivity index (χ1n) is 6.09. The Balaban J connectivity index is 2.01. The molecule has 0 bridgehead atoms. The third-order valence-electron chi connectivity index (χ3n) is 3.13. The molecule has 0 radical (unpaired) electrons. The minimum atomic E-state index is 0.379. The van der Waals surface area contributed by atoms with Crippen molar-refractivity contribution in [3.63, 3.8) is 0 Å². The summed E-state index contributed by atoms with van der Waals surface area (Å²) in [5, 5.41) is 5.76. The topological polar surface area (TPSA) is 12.0 Å². The van der Waals surface area contributed by atoms with Gasteiger partial charge in [0.15, 0.2) is 0 Å². The molecule has 96 valence electrons. The Hall–Kier alpha value is -0.640. The Morgan fingerprint density at radius 3 is 2.67 bits per heavy atom. The summed E-state index contributed by atoms with van der Waals surface area (Å²) in [7, 11) is 0. The Kier molecular flexibility index (Phi) is 4.60. The first kappa shape index (κ1) is 13.8. The summed E-state index contributed by atoms with van der Waals surface area (Å²) in [5.41, 5.74) is 5.41. The van der Waals surface area contributed by atoms with Crippen molar-refractivity contribution >= 4 is 27.3 Å². The van der Waals surface area contributed by atoms with E-state index in [1.807, 2.05) is 0 Å². The first-order chi connectivity index (χ1) is 8.56. The molecule has 0 aliphatic carbocycles. The molecule has 0 spiro atoms. The molecule has 0 amide bonds. The van der Waals surface area contributed by atoms with Crippen LogP contribution in [0.4, 0.5) is 0 Å². The van der Waals surface area contributed by atoms with E-state index >= 15 is 0 Å². The minimum Gasteiger partial charge on any atom is -0.306 e. The summed E-state index contributed by atoms with van der Waals surface area (Å²) in [6, 6.07) is 9.21. The summed E-state index contributed by atoms with van der Waals surface area (Å²) in [6.45, 7) is 7.45. The Labute approximate surface area is 121 Å². The van der Waals surface area contributed by atoms with Gasteiger partial charge in [-0.1, -0.05) is 23.8 Å². The van der Waals surface area contributed by atoms with E-state index in [2.05, 4.69) is 71.7 Å². The van der Waals surface area contributed by atoms with Gasteiger partial charge < -0.3 is 5.32 Å². The maximum absolute atomic E-state index is 3.57. The van der Waals surface area contributed by atoms with Crippen LogP contribution < -0.4 is 5.32 Å². The van der Waals surface area contributed by atoms with E-state index in [1.54, 1.807) is 11.3 Å². The third-order valence-corrected chi connectivity index (χ3v) is 4.68. The summed E-state index contributed by atoms with van der Waals surface area (Å²) in [4.78, 5) is 0. The monoisotopic (exact) mass is 323 g/mol. The fourth-order valence-electron chi connectivity index (χ4n) is 2.13. The highest BCUT2D eigenvalue weighted by Gasteiger charge is 2.08. The van der Waals surface area contributed by atoms with Gasteiger partial charge in [-0.2, -0.15) is 0 Å². The van der Waals surface area contributed by atoms with Crippen LogP contribution in [-0.2, 0) is 6.54 Å². The highest BCUT2D eigenvalue weighted by Crippen LogP contribution is 2.22. The molecule has 1 atom stereocenters. The predicted molar refractivity (Wildman–Crippen MR) is 83.2 cm³/mol. The number of hydrogen-bond donors (Lipinski definition) is 1. The minimum absolute atomic E-state index is 0.379. The maximum Gasteiger partial charge on any atom is 0.0701 e. The number of nitrogens with one attached hydrogen (secondary N) is 1. The van der Waals surface area contributed by atoms with Crippen LogP contribution >= 0.6 is 27.3 Å². The predicted octanol–water partition coefficient (Wildman–Crippen LogP) is 4.98. The Morgan fingerprint density at radius 2 is 2.06 bits per heavy atom. The van der Waals surface area contributed by atoms with Gasteiger partial charge in [0.2, 0.25) is 0 Å². The van der Waals surface area contributed by atoms with Crippen LogP contribution in [0.5, 0.6) is 0 Å². The molecule has 2 rings (SSSR count). The van der Waals surface area contributed by atoms with Crippen molar-refractivity contribution < 1.29 is 0 Å². The van der Waals surface area contributed by atoms with Gasteiger partial charge >= 0.3 is 0 Å². The van der Waals surface area contributed by atoms with Crippen molar-refractivity contribution in [1.82, 2.24) is 5.32 Å². The van der Waals surface area contributed by atoms with Crippen LogP contribution in [0.3, 0.4) is 0 Å². The van der Waals surface area contributed by atoms with Crippen LogP contribution in [-0.4, -0.2) is 0 Å². The van der Waals surface area contributed by atoms with Crippen molar-refractivity contribution in [3.8, 4) is 0 Å². The van der Waals surface area contributed by atoms with Crippen molar-refractivity contribution in [2.75, 3.05) is 0 Å². The highest BCUT2D eigenvalue weighted by molar-refractivity contribution is 9.11. The van der Waals surface area contributed by atoms with E-state index in [9.17, 15) is 0 Å². The zero-order valence-corrected chi connectivity index (χ0v) is 13.4. The molecule has 0 aliphatic rings. The second-order valence-corrected chi connectivity index (χ2v) is 7.01. The van der Waals surface area contributed by atoms with Gasteiger partial charge in [0.05, 0.1) is 3.79 Å². The molecule has 1 aromatic carbocycles. The lowest BCUT2D eigenvalue weighted by Crippen LogP contribution is -2.18. The molecule has 1 unspecified atom stereocenters. The van der Waals surface area contributed by atoms with Crippen LogP contribution in [0.15, 0.2) is 33.4 Å². The summed E-state index contributed by atoms with van der Waals surface area (Å²) >= 11 is 5.23. The fraction of sp³-hybridized carbons (Fsp3) is 0.333. The molecule has 1 aromatic heterocycles. The average Bonchev–Trinajstić information content (AvgIpc) is 2.72. The normalized spacial score (nSPS) is 12.7. The van der Waals surface area contributed by atoms with Gasteiger partial charge in [0, 0.05) is 12.6 Å². The SMILES string of the molecule is Cc1ccc(C(C)NCc2csc(Br)c2)c(C)c1. The van der Waals surface area contributed by atoms with Crippen molar-refractivity contribution in [2.45, 2.75) is 33.4 Å². The smallest absolute Gasteiger partial charge is 0.0701 e. The molecule has 1 heterocycles. The van der Waals surface area contributed by atoms with Crippen LogP contribution in [0.1, 0.15) is 35.2 Å². The number of hydrogen-bond acceptors (Lipinski definition) is 2. The quantitative estimate of drug-likeness (QED) is 0.836.